The fourth-order valence-electron chi connectivity index (χ4n) is 2.77. The van der Waals surface area contributed by atoms with Gasteiger partial charge in [0, 0.05) is 24.7 Å². The second-order valence-corrected chi connectivity index (χ2v) is 8.00. The molecule has 0 radical (unpaired) electrons. The Labute approximate surface area is 190 Å². The molecule has 2 amide bonds. The van der Waals surface area contributed by atoms with E-state index < -0.39 is 23.4 Å². The Morgan fingerprint density at radius 1 is 1.19 bits per heavy atom. The summed E-state index contributed by atoms with van der Waals surface area (Å²) in [5, 5.41) is 6.05. The number of likely N-dealkylation sites (N-methyl/N-ethyl adjacent to an activating group) is 1. The molecule has 0 fully saturated rings. The minimum Gasteiger partial charge on any atom is -0.354 e. The lowest BCUT2D eigenvalue weighted by atomic mass is 10.1. The third-order valence-corrected chi connectivity index (χ3v) is 5.19. The molecule has 12 heteroatoms. The van der Waals surface area contributed by atoms with Crippen molar-refractivity contribution in [2.24, 2.45) is 0 Å². The number of fused-ring (bicyclic) bond motifs is 1. The highest BCUT2D eigenvalue weighted by atomic mass is 32.2. The molecule has 3 aromatic rings. The van der Waals surface area contributed by atoms with Gasteiger partial charge in [-0.1, -0.05) is 13.0 Å². The zero-order chi connectivity index (χ0) is 23.7. The van der Waals surface area contributed by atoms with Crippen LogP contribution in [-0.4, -0.2) is 41.6 Å². The fraction of sp³-hybridized carbons (Fsp3) is 0.300. The van der Waals surface area contributed by atoms with Gasteiger partial charge in [0.15, 0.2) is 6.04 Å². The van der Waals surface area contributed by atoms with Crippen molar-refractivity contribution in [1.82, 2.24) is 20.6 Å². The molecular formula is C20H23FN4O5S2. The second-order valence-electron chi connectivity index (χ2n) is 6.48. The topological polar surface area (TPSA) is 142 Å². The number of hydrogen-bond acceptors (Lipinski definition) is 6. The molecule has 0 aliphatic carbocycles. The maximum absolute atomic E-state index is 13.1. The van der Waals surface area contributed by atoms with Crippen LogP contribution in [0.1, 0.15) is 37.7 Å². The Hall–Kier alpha value is -2.80. The highest BCUT2D eigenvalue weighted by Gasteiger charge is 2.25. The van der Waals surface area contributed by atoms with Crippen molar-refractivity contribution >= 4 is 44.7 Å². The molecule has 2 aromatic heterocycles. The second kappa shape index (κ2) is 12.3. The Morgan fingerprint density at radius 2 is 1.88 bits per heavy atom. The number of benzene rings is 1. The fourth-order valence-corrected chi connectivity index (χ4v) is 3.83. The molecule has 0 bridgehead atoms. The van der Waals surface area contributed by atoms with Gasteiger partial charge in [0.25, 0.3) is 11.4 Å². The van der Waals surface area contributed by atoms with Gasteiger partial charge in [-0.25, -0.2) is 9.97 Å². The third-order valence-electron chi connectivity index (χ3n) is 4.11. The van der Waals surface area contributed by atoms with Gasteiger partial charge in [0.1, 0.15) is 5.01 Å². The number of aromatic nitrogens is 2. The first-order chi connectivity index (χ1) is 15.2. The van der Waals surface area contributed by atoms with E-state index in [0.29, 0.717) is 24.4 Å². The Balaban J connectivity index is 0.000000837. The van der Waals surface area contributed by atoms with Crippen LogP contribution in [0.3, 0.4) is 0 Å². The van der Waals surface area contributed by atoms with E-state index in [1.165, 1.54) is 23.6 Å². The van der Waals surface area contributed by atoms with Crippen molar-refractivity contribution in [3.63, 3.8) is 0 Å². The number of halogens is 1. The molecule has 0 saturated heterocycles. The van der Waals surface area contributed by atoms with Crippen LogP contribution in [0.25, 0.3) is 21.3 Å². The molecule has 1 aromatic carbocycles. The number of nitrogens with one attached hydrogen (secondary N) is 2. The van der Waals surface area contributed by atoms with Crippen molar-refractivity contribution < 1.29 is 27.3 Å². The predicted octanol–water partition coefficient (Wildman–Crippen LogP) is 3.27. The number of nitrogens with zero attached hydrogens (tertiary/aromatic N) is 2. The first-order valence-corrected chi connectivity index (χ1v) is 11.5. The van der Waals surface area contributed by atoms with Gasteiger partial charge in [-0.2, -0.15) is 8.60 Å². The summed E-state index contributed by atoms with van der Waals surface area (Å²) in [6.45, 7) is 4.19. The number of thiazole rings is 1. The molecule has 4 N–H and O–H groups in total. The number of carbonyl (C=O) groups excluding carboxylic acids is 2. The number of pyridine rings is 1. The molecule has 32 heavy (non-hydrogen) atoms. The zero-order valence-electron chi connectivity index (χ0n) is 17.4. The van der Waals surface area contributed by atoms with E-state index in [4.69, 9.17) is 13.3 Å². The molecule has 0 aliphatic heterocycles. The lowest BCUT2D eigenvalue weighted by Gasteiger charge is -2.15. The van der Waals surface area contributed by atoms with Crippen molar-refractivity contribution in [2.75, 3.05) is 6.54 Å². The normalized spacial score (nSPS) is 11.6. The summed E-state index contributed by atoms with van der Waals surface area (Å²) in [5.41, 5.74) is 2.40. The van der Waals surface area contributed by atoms with E-state index in [9.17, 15) is 14.0 Å². The maximum atomic E-state index is 13.1. The van der Waals surface area contributed by atoms with Gasteiger partial charge in [-0.05, 0) is 43.2 Å². The van der Waals surface area contributed by atoms with E-state index in [1.807, 2.05) is 32.0 Å². The number of hydrogen-bond donors (Lipinski definition) is 4. The first kappa shape index (κ1) is 25.5. The summed E-state index contributed by atoms with van der Waals surface area (Å²) in [7, 11) is 0. The summed E-state index contributed by atoms with van der Waals surface area (Å²) in [6, 6.07) is 7.79. The van der Waals surface area contributed by atoms with Crippen LogP contribution in [-0.2, 0) is 21.0 Å². The Morgan fingerprint density at radius 3 is 2.47 bits per heavy atom. The van der Waals surface area contributed by atoms with Crippen LogP contribution in [0.15, 0.2) is 36.5 Å². The van der Waals surface area contributed by atoms with Crippen molar-refractivity contribution in [3.05, 3.63) is 47.5 Å². The van der Waals surface area contributed by atoms with Gasteiger partial charge >= 0.3 is 0 Å². The quantitative estimate of drug-likeness (QED) is 0.299. The average Bonchev–Trinajstić information content (AvgIpc) is 3.15. The molecular weight excluding hydrogens is 459 g/mol. The van der Waals surface area contributed by atoms with E-state index in [0.717, 1.165) is 21.3 Å². The van der Waals surface area contributed by atoms with E-state index in [-0.39, 0.29) is 11.8 Å². The summed E-state index contributed by atoms with van der Waals surface area (Å²) < 4.78 is 36.8. The van der Waals surface area contributed by atoms with E-state index in [2.05, 4.69) is 20.6 Å². The lowest BCUT2D eigenvalue weighted by molar-refractivity contribution is -0.129. The monoisotopic (exact) mass is 482 g/mol. The molecule has 172 valence electrons. The molecule has 2 heterocycles. The van der Waals surface area contributed by atoms with Gasteiger partial charge in [-0.3, -0.25) is 18.7 Å². The standard InChI is InChI=1S/C20H21FN4O2S.H2O3S/c1-3-5-17(26)25-18(19(27)22-4-2)20-24-14-8-6-12(10-15(14)28-20)13-7-9-16(21)23-11-13;1-4(2)3/h6-11,18H,3-5H2,1-2H3,(H,22,27)(H,25,26);(H2,1,2,3). The van der Waals surface area contributed by atoms with Gasteiger partial charge in [0.05, 0.1) is 10.2 Å². The van der Waals surface area contributed by atoms with Crippen molar-refractivity contribution in [1.29, 1.82) is 0 Å². The Bertz CT molecular complexity index is 1090. The van der Waals surface area contributed by atoms with Crippen LogP contribution in [0, 0.1) is 5.95 Å². The summed E-state index contributed by atoms with van der Waals surface area (Å²) in [4.78, 5) is 32.8. The van der Waals surface area contributed by atoms with E-state index >= 15 is 0 Å². The number of carbonyl (C=O) groups is 2. The highest BCUT2D eigenvalue weighted by Crippen LogP contribution is 2.31. The largest absolute Gasteiger partial charge is 0.354 e. The Kier molecular flexibility index (Phi) is 9.78. The first-order valence-electron chi connectivity index (χ1n) is 9.64. The smallest absolute Gasteiger partial charge is 0.299 e. The SMILES string of the molecule is CCCC(=O)NC(C(=O)NCC)c1nc2ccc(-c3ccc(F)nc3)cc2s1.O=S(O)O. The van der Waals surface area contributed by atoms with Crippen LogP contribution < -0.4 is 10.6 Å². The highest BCUT2D eigenvalue weighted by molar-refractivity contribution is 7.73. The predicted molar refractivity (Wildman–Crippen MR) is 121 cm³/mol. The van der Waals surface area contributed by atoms with Crippen LogP contribution in [0.4, 0.5) is 4.39 Å². The zero-order valence-corrected chi connectivity index (χ0v) is 19.0. The maximum Gasteiger partial charge on any atom is 0.299 e. The number of amides is 2. The summed E-state index contributed by atoms with van der Waals surface area (Å²) >= 11 is -1.26. The minimum absolute atomic E-state index is 0.184. The van der Waals surface area contributed by atoms with Crippen LogP contribution in [0.5, 0.6) is 0 Å². The molecule has 1 unspecified atom stereocenters. The van der Waals surface area contributed by atoms with Crippen molar-refractivity contribution in [3.8, 4) is 11.1 Å². The van der Waals surface area contributed by atoms with Gasteiger partial charge in [-0.15, -0.1) is 11.3 Å². The average molecular weight is 483 g/mol. The molecule has 1 atom stereocenters. The lowest BCUT2D eigenvalue weighted by Crippen LogP contribution is -2.40. The van der Waals surface area contributed by atoms with E-state index in [1.54, 1.807) is 6.07 Å². The number of rotatable bonds is 7. The summed E-state index contributed by atoms with van der Waals surface area (Å²) in [6.07, 6.45) is 2.52. The van der Waals surface area contributed by atoms with Crippen LogP contribution in [0.2, 0.25) is 0 Å². The van der Waals surface area contributed by atoms with Gasteiger partial charge in [0.2, 0.25) is 17.8 Å². The third kappa shape index (κ3) is 7.41. The molecule has 0 aliphatic rings. The molecule has 9 nitrogen and oxygen atoms in total. The molecule has 0 spiro atoms. The summed E-state index contributed by atoms with van der Waals surface area (Å²) in [5.74, 6) is -0.998. The molecule has 3 rings (SSSR count). The molecule has 0 saturated carbocycles. The minimum atomic E-state index is -2.61. The van der Waals surface area contributed by atoms with Crippen LogP contribution >= 0.6 is 11.3 Å². The van der Waals surface area contributed by atoms with Crippen molar-refractivity contribution in [2.45, 2.75) is 32.7 Å². The van der Waals surface area contributed by atoms with Gasteiger partial charge < -0.3 is 10.6 Å².